The van der Waals surface area contributed by atoms with E-state index in [9.17, 15) is 19.3 Å². The van der Waals surface area contributed by atoms with Crippen LogP contribution in [0.5, 0.6) is 0 Å². The predicted molar refractivity (Wildman–Crippen MR) is 72.0 cm³/mol. The molecule has 1 amide bonds. The maximum Gasteiger partial charge on any atom is 0.285 e. The molecule has 0 saturated carbocycles. The van der Waals surface area contributed by atoms with Crippen molar-refractivity contribution < 1.29 is 14.1 Å². The van der Waals surface area contributed by atoms with E-state index >= 15 is 0 Å². The third-order valence-corrected chi connectivity index (χ3v) is 2.74. The molecule has 0 spiro atoms. The summed E-state index contributed by atoms with van der Waals surface area (Å²) >= 11 is 0. The lowest BCUT2D eigenvalue weighted by Gasteiger charge is -2.08. The first-order chi connectivity index (χ1) is 9.93. The van der Waals surface area contributed by atoms with Gasteiger partial charge in [-0.1, -0.05) is 0 Å². The number of carbonyl (C=O) groups excluding carboxylic acids is 1. The van der Waals surface area contributed by atoms with Crippen LogP contribution in [0.3, 0.4) is 0 Å². The van der Waals surface area contributed by atoms with Gasteiger partial charge in [0.15, 0.2) is 5.82 Å². The molecule has 110 valence electrons. The largest absolute Gasteiger partial charge is 0.321 e. The molecule has 4 N–H and O–H groups in total. The van der Waals surface area contributed by atoms with Gasteiger partial charge in [-0.2, -0.15) is 5.10 Å². The minimum Gasteiger partial charge on any atom is -0.321 e. The van der Waals surface area contributed by atoms with E-state index in [0.717, 1.165) is 6.07 Å². The fourth-order valence-electron chi connectivity index (χ4n) is 1.69. The summed E-state index contributed by atoms with van der Waals surface area (Å²) < 4.78 is 14.9. The number of nitro benzene ring substituents is 1. The van der Waals surface area contributed by atoms with E-state index in [1.54, 1.807) is 7.05 Å². The minimum atomic E-state index is -0.929. The van der Waals surface area contributed by atoms with E-state index in [-0.39, 0.29) is 11.3 Å². The van der Waals surface area contributed by atoms with E-state index in [4.69, 9.17) is 5.84 Å². The zero-order chi connectivity index (χ0) is 15.6. The average molecular weight is 294 g/mol. The number of nitrogens with zero attached hydrogens (tertiary/aromatic N) is 3. The third-order valence-electron chi connectivity index (χ3n) is 2.74. The van der Waals surface area contributed by atoms with Gasteiger partial charge < -0.3 is 10.7 Å². The number of nitro groups is 1. The molecule has 0 aliphatic heterocycles. The highest BCUT2D eigenvalue weighted by molar-refractivity contribution is 6.07. The molecule has 0 bridgehead atoms. The summed E-state index contributed by atoms with van der Waals surface area (Å²) in [6.07, 6.45) is 1.45. The summed E-state index contributed by atoms with van der Waals surface area (Å²) in [5.41, 5.74) is 0.821. The van der Waals surface area contributed by atoms with Gasteiger partial charge in [-0.3, -0.25) is 25.4 Å². The van der Waals surface area contributed by atoms with Crippen molar-refractivity contribution in [2.75, 3.05) is 10.7 Å². The average Bonchev–Trinajstić information content (AvgIpc) is 2.83. The summed E-state index contributed by atoms with van der Waals surface area (Å²) in [5, 5.41) is 17.2. The standard InChI is InChI=1S/C11H11FN6O3/c1-17-10(2-3-14-17)15-11(19)6-4-8(16-13)7(12)5-9(6)18(20)21/h2-5,16H,13H2,1H3,(H,15,19). The topological polar surface area (TPSA) is 128 Å². The van der Waals surface area contributed by atoms with Crippen molar-refractivity contribution in [3.8, 4) is 0 Å². The van der Waals surface area contributed by atoms with Crippen molar-refractivity contribution in [2.24, 2.45) is 12.9 Å². The van der Waals surface area contributed by atoms with Gasteiger partial charge in [-0.05, 0) is 6.07 Å². The fraction of sp³-hybridized carbons (Fsp3) is 0.0909. The lowest BCUT2D eigenvalue weighted by atomic mass is 10.1. The zero-order valence-electron chi connectivity index (χ0n) is 10.8. The maximum atomic E-state index is 13.5. The Morgan fingerprint density at radius 1 is 1.52 bits per heavy atom. The molecule has 2 aromatic rings. The highest BCUT2D eigenvalue weighted by Crippen LogP contribution is 2.26. The number of amides is 1. The molecule has 0 saturated heterocycles. The monoisotopic (exact) mass is 294 g/mol. The van der Waals surface area contributed by atoms with Crippen LogP contribution in [0.1, 0.15) is 10.4 Å². The van der Waals surface area contributed by atoms with Gasteiger partial charge in [0.1, 0.15) is 11.4 Å². The van der Waals surface area contributed by atoms with Crippen LogP contribution in [0, 0.1) is 15.9 Å². The van der Waals surface area contributed by atoms with Crippen LogP contribution in [0.2, 0.25) is 0 Å². The second kappa shape index (κ2) is 5.54. The number of rotatable bonds is 4. The lowest BCUT2D eigenvalue weighted by molar-refractivity contribution is -0.385. The normalized spacial score (nSPS) is 10.2. The first-order valence-corrected chi connectivity index (χ1v) is 5.68. The van der Waals surface area contributed by atoms with E-state index in [2.05, 4.69) is 10.4 Å². The Labute approximate surface area is 117 Å². The molecule has 0 atom stereocenters. The number of halogens is 1. The van der Waals surface area contributed by atoms with E-state index in [1.165, 1.54) is 16.9 Å². The van der Waals surface area contributed by atoms with E-state index < -0.39 is 22.3 Å². The molecule has 0 fully saturated rings. The van der Waals surface area contributed by atoms with Crippen LogP contribution in [-0.4, -0.2) is 20.6 Å². The number of hydrazine groups is 1. The van der Waals surface area contributed by atoms with Gasteiger partial charge >= 0.3 is 0 Å². The first kappa shape index (κ1) is 14.4. The molecular weight excluding hydrogens is 283 g/mol. The van der Waals surface area contributed by atoms with Gasteiger partial charge in [0.2, 0.25) is 0 Å². The number of anilines is 2. The van der Waals surface area contributed by atoms with Crippen molar-refractivity contribution in [3.05, 3.63) is 45.9 Å². The Balaban J connectivity index is 2.43. The number of aryl methyl sites for hydroxylation is 1. The zero-order valence-corrected chi connectivity index (χ0v) is 10.8. The molecule has 2 rings (SSSR count). The molecule has 1 aromatic heterocycles. The summed E-state index contributed by atoms with van der Waals surface area (Å²) in [4.78, 5) is 22.2. The van der Waals surface area contributed by atoms with Crippen LogP contribution in [0.15, 0.2) is 24.4 Å². The summed E-state index contributed by atoms with van der Waals surface area (Å²) in [6.45, 7) is 0. The van der Waals surface area contributed by atoms with Crippen molar-refractivity contribution >= 4 is 23.1 Å². The second-order valence-corrected chi connectivity index (χ2v) is 4.04. The third kappa shape index (κ3) is 2.79. The predicted octanol–water partition coefficient (Wildman–Crippen LogP) is 1.01. The van der Waals surface area contributed by atoms with Crippen molar-refractivity contribution in [3.63, 3.8) is 0 Å². The molecule has 0 aliphatic carbocycles. The van der Waals surface area contributed by atoms with Gasteiger partial charge in [-0.15, -0.1) is 0 Å². The van der Waals surface area contributed by atoms with Gasteiger partial charge in [0.05, 0.1) is 22.9 Å². The molecule has 0 unspecified atom stereocenters. The summed E-state index contributed by atoms with van der Waals surface area (Å²) in [6, 6.07) is 3.11. The Bertz CT molecular complexity index is 714. The highest BCUT2D eigenvalue weighted by Gasteiger charge is 2.24. The van der Waals surface area contributed by atoms with Gasteiger partial charge in [-0.25, -0.2) is 4.39 Å². The number of aromatic nitrogens is 2. The maximum absolute atomic E-state index is 13.5. The van der Waals surface area contributed by atoms with Crippen molar-refractivity contribution in [1.29, 1.82) is 0 Å². The van der Waals surface area contributed by atoms with Crippen LogP contribution in [0.4, 0.5) is 21.6 Å². The number of nitrogens with one attached hydrogen (secondary N) is 2. The summed E-state index contributed by atoms with van der Waals surface area (Å²) in [7, 11) is 1.58. The Morgan fingerprint density at radius 2 is 2.24 bits per heavy atom. The number of carbonyl (C=O) groups is 1. The second-order valence-electron chi connectivity index (χ2n) is 4.04. The van der Waals surface area contributed by atoms with Gasteiger partial charge in [0, 0.05) is 13.1 Å². The van der Waals surface area contributed by atoms with Gasteiger partial charge in [0.25, 0.3) is 11.6 Å². The molecule has 1 aromatic carbocycles. The Kier molecular flexibility index (Phi) is 3.80. The molecule has 0 aliphatic rings. The van der Waals surface area contributed by atoms with Crippen LogP contribution in [0.25, 0.3) is 0 Å². The van der Waals surface area contributed by atoms with E-state index in [0.29, 0.717) is 11.9 Å². The highest BCUT2D eigenvalue weighted by atomic mass is 19.1. The molecule has 21 heavy (non-hydrogen) atoms. The minimum absolute atomic E-state index is 0.226. The SMILES string of the molecule is Cn1nccc1NC(=O)c1cc(NN)c(F)cc1[N+](=O)[O-]. The van der Waals surface area contributed by atoms with Crippen LogP contribution in [-0.2, 0) is 7.05 Å². The Morgan fingerprint density at radius 3 is 2.76 bits per heavy atom. The van der Waals surface area contributed by atoms with Crippen LogP contribution < -0.4 is 16.6 Å². The van der Waals surface area contributed by atoms with Crippen molar-refractivity contribution in [2.45, 2.75) is 0 Å². The summed E-state index contributed by atoms with van der Waals surface area (Å²) in [5.74, 6) is 3.73. The molecule has 0 radical (unpaired) electrons. The molecule has 10 heteroatoms. The van der Waals surface area contributed by atoms with Crippen molar-refractivity contribution in [1.82, 2.24) is 9.78 Å². The number of nitrogen functional groups attached to an aromatic ring is 1. The smallest absolute Gasteiger partial charge is 0.285 e. The van der Waals surface area contributed by atoms with E-state index in [1.807, 2.05) is 5.43 Å². The lowest BCUT2D eigenvalue weighted by Crippen LogP contribution is -2.18. The Hall–Kier alpha value is -3.01. The number of hydrogen-bond acceptors (Lipinski definition) is 6. The number of nitrogens with two attached hydrogens (primary N) is 1. The number of hydrogen-bond donors (Lipinski definition) is 3. The quantitative estimate of drug-likeness (QED) is 0.438. The van der Waals surface area contributed by atoms with Crippen LogP contribution >= 0.6 is 0 Å². The molecule has 1 heterocycles. The number of benzene rings is 1. The molecule has 9 nitrogen and oxygen atoms in total. The first-order valence-electron chi connectivity index (χ1n) is 5.68. The molecular formula is C11H11FN6O3. The fourth-order valence-corrected chi connectivity index (χ4v) is 1.69.